The number of aromatic nitrogens is 10. The Bertz CT molecular complexity index is 2990. The van der Waals surface area contributed by atoms with Crippen LogP contribution in [0.3, 0.4) is 0 Å². The number of benzene rings is 2. The highest BCUT2D eigenvalue weighted by Crippen LogP contribution is 2.43. The highest BCUT2D eigenvalue weighted by molar-refractivity contribution is 6.21. The Morgan fingerprint density at radius 2 is 1.14 bits per heavy atom. The highest BCUT2D eigenvalue weighted by Gasteiger charge is 2.54. The van der Waals surface area contributed by atoms with Crippen LogP contribution in [0.2, 0.25) is 0 Å². The molecule has 0 saturated heterocycles. The van der Waals surface area contributed by atoms with E-state index in [1.807, 2.05) is 0 Å². The summed E-state index contributed by atoms with van der Waals surface area (Å²) in [4.78, 5) is 76.2. The Labute approximate surface area is 392 Å². The molecular weight excluding hydrogens is 903 g/mol. The van der Waals surface area contributed by atoms with Gasteiger partial charge in [-0.2, -0.15) is 9.97 Å². The molecule has 69 heavy (non-hydrogen) atoms. The van der Waals surface area contributed by atoms with Crippen LogP contribution in [0.15, 0.2) is 48.5 Å². The second kappa shape index (κ2) is 18.8. The van der Waals surface area contributed by atoms with E-state index in [2.05, 4.69) is 56.1 Å². The summed E-state index contributed by atoms with van der Waals surface area (Å²) < 4.78 is 46.4. The van der Waals surface area contributed by atoms with Gasteiger partial charge in [0, 0.05) is 23.2 Å². The van der Waals surface area contributed by atoms with Gasteiger partial charge in [-0.1, -0.05) is 36.4 Å². The SMILES string of the molecule is CCOC(=O)C1(C)C(=O)Nc2nc(-c3nc(OC)n(Cc4ccccc4F)n3)nc(N)c21.COc1nc(-c2nc(N)c3c(n2)NC(=O)C3(C)C(=O)NC2CC2)nn1Cc1ccccc1F.NC1CC1. The fourth-order valence-electron chi connectivity index (χ4n) is 7.28. The maximum Gasteiger partial charge on any atom is 0.326 e. The van der Waals surface area contributed by atoms with Crippen molar-refractivity contribution in [2.24, 2.45) is 5.73 Å². The lowest BCUT2D eigenvalue weighted by Gasteiger charge is -2.21. The molecule has 9 N–H and O–H groups in total. The van der Waals surface area contributed by atoms with Crippen molar-refractivity contribution in [3.63, 3.8) is 0 Å². The Morgan fingerprint density at radius 1 is 0.710 bits per heavy atom. The van der Waals surface area contributed by atoms with E-state index in [1.54, 1.807) is 43.3 Å². The number of hydrogen-bond acceptors (Lipinski definition) is 18. The lowest BCUT2D eigenvalue weighted by atomic mass is 9.83. The molecule has 2 aliphatic heterocycles. The van der Waals surface area contributed by atoms with Gasteiger partial charge in [0.05, 0.1) is 45.0 Å². The Hall–Kier alpha value is -8.22. The summed E-state index contributed by atoms with van der Waals surface area (Å²) in [6.45, 7) is 4.75. The summed E-state index contributed by atoms with van der Waals surface area (Å²) in [5, 5.41) is 16.6. The molecule has 360 valence electrons. The first kappa shape index (κ1) is 47.3. The van der Waals surface area contributed by atoms with Crippen LogP contribution < -0.4 is 42.6 Å². The summed E-state index contributed by atoms with van der Waals surface area (Å²) in [6, 6.07) is 13.4. The number of methoxy groups -OCH3 is 2. The van der Waals surface area contributed by atoms with Gasteiger partial charge in [-0.3, -0.25) is 19.2 Å². The van der Waals surface area contributed by atoms with E-state index in [9.17, 15) is 28.0 Å². The van der Waals surface area contributed by atoms with Crippen LogP contribution in [0.25, 0.3) is 23.3 Å². The van der Waals surface area contributed by atoms with Crippen LogP contribution in [0.4, 0.5) is 32.1 Å². The molecule has 6 aromatic rings. The predicted molar refractivity (Wildman–Crippen MR) is 242 cm³/mol. The van der Waals surface area contributed by atoms with E-state index in [-0.39, 0.29) is 101 Å². The van der Waals surface area contributed by atoms with Gasteiger partial charge in [0.15, 0.2) is 10.8 Å². The number of nitrogen functional groups attached to an aromatic ring is 2. The molecule has 10 rings (SSSR count). The van der Waals surface area contributed by atoms with Gasteiger partial charge in [-0.05, 0) is 58.6 Å². The zero-order valence-electron chi connectivity index (χ0n) is 38.0. The zero-order valence-corrected chi connectivity index (χ0v) is 38.0. The minimum atomic E-state index is -1.68. The highest BCUT2D eigenvalue weighted by atomic mass is 19.1. The van der Waals surface area contributed by atoms with Gasteiger partial charge in [0.25, 0.3) is 0 Å². The maximum atomic E-state index is 14.1. The smallest absolute Gasteiger partial charge is 0.326 e. The number of anilines is 4. The van der Waals surface area contributed by atoms with Gasteiger partial charge in [-0.25, -0.2) is 38.1 Å². The van der Waals surface area contributed by atoms with Gasteiger partial charge < -0.3 is 47.4 Å². The van der Waals surface area contributed by atoms with Gasteiger partial charge in [-0.15, -0.1) is 10.2 Å². The molecule has 2 fully saturated rings. The quantitative estimate of drug-likeness (QED) is 0.0758. The number of carbonyl (C=O) groups is 4. The van der Waals surface area contributed by atoms with Crippen LogP contribution >= 0.6 is 0 Å². The van der Waals surface area contributed by atoms with Crippen molar-refractivity contribution in [2.75, 3.05) is 42.9 Å². The minimum absolute atomic E-state index is 0.000225. The third kappa shape index (κ3) is 9.26. The zero-order chi connectivity index (χ0) is 49.4. The molecule has 23 nitrogen and oxygen atoms in total. The number of amides is 3. The standard InChI is InChI=1S/C21H21FN8O3.C20H20FN7O4.C3H7N/c1-21(18(31)24-11-7-8-11)13-14(23)25-16(26-15(13)27-19(21)32)17-28-20(33-2)30(29-17)9-10-5-3-4-6-12(10)22;1-4-32-18(30)20(2)12-13(22)23-15(24-14(12)25-17(20)29)16-26-19(31-3)28(27-16)9-10-7-5-6-8-11(10)21;4-3-1-2-3/h3-6,11H,7-9H2,1-2H3,(H,24,31)(H3,23,25,26,27,32);5-8H,4,9H2,1-3H3,(H3,22,23,24,25,29);3H,1-2,4H2. The number of halogens is 2. The average Bonchev–Trinajstić information content (AvgIpc) is 4.17. The Balaban J connectivity index is 0.000000172. The first-order valence-corrected chi connectivity index (χ1v) is 21.7. The summed E-state index contributed by atoms with van der Waals surface area (Å²) in [7, 11) is 2.81. The minimum Gasteiger partial charge on any atom is -0.467 e. The van der Waals surface area contributed by atoms with Crippen molar-refractivity contribution in [1.82, 2.24) is 54.8 Å². The van der Waals surface area contributed by atoms with Gasteiger partial charge in [0.2, 0.25) is 41.0 Å². The lowest BCUT2D eigenvalue weighted by molar-refractivity contribution is -0.152. The summed E-state index contributed by atoms with van der Waals surface area (Å²) in [5.41, 5.74) is 15.4. The van der Waals surface area contributed by atoms with Crippen LogP contribution in [0, 0.1) is 11.6 Å². The summed E-state index contributed by atoms with van der Waals surface area (Å²) in [6.07, 6.45) is 4.29. The van der Waals surface area contributed by atoms with Crippen molar-refractivity contribution >= 4 is 47.0 Å². The van der Waals surface area contributed by atoms with Crippen molar-refractivity contribution in [1.29, 1.82) is 0 Å². The number of nitrogens with zero attached hydrogens (tertiary/aromatic N) is 10. The first-order valence-electron chi connectivity index (χ1n) is 21.7. The molecule has 3 amide bonds. The second-order valence-electron chi connectivity index (χ2n) is 16.6. The van der Waals surface area contributed by atoms with Crippen molar-refractivity contribution in [3.05, 3.63) is 82.4 Å². The van der Waals surface area contributed by atoms with E-state index < -0.39 is 40.3 Å². The fourth-order valence-corrected chi connectivity index (χ4v) is 7.28. The predicted octanol–water partition coefficient (Wildman–Crippen LogP) is 2.40. The number of fused-ring (bicyclic) bond motifs is 2. The van der Waals surface area contributed by atoms with Crippen LogP contribution in [0.5, 0.6) is 12.0 Å². The molecule has 25 heteroatoms. The van der Waals surface area contributed by atoms with Crippen molar-refractivity contribution in [3.8, 4) is 35.3 Å². The number of rotatable bonds is 12. The summed E-state index contributed by atoms with van der Waals surface area (Å²) >= 11 is 0. The normalized spacial score (nSPS) is 18.6. The topological polar surface area (TPSA) is 323 Å². The first-order chi connectivity index (χ1) is 33.0. The summed E-state index contributed by atoms with van der Waals surface area (Å²) in [5.74, 6) is -2.94. The van der Waals surface area contributed by atoms with Crippen LogP contribution in [-0.2, 0) is 47.8 Å². The number of ether oxygens (including phenoxy) is 3. The molecule has 2 aliphatic carbocycles. The molecular formula is C44H48F2N16O7. The van der Waals surface area contributed by atoms with E-state index in [1.165, 1.54) is 62.4 Å². The molecule has 2 atom stereocenters. The Kier molecular flexibility index (Phi) is 12.9. The number of carbonyl (C=O) groups excluding carboxylic acids is 4. The second-order valence-corrected chi connectivity index (χ2v) is 16.6. The molecule has 0 bridgehead atoms. The third-order valence-electron chi connectivity index (χ3n) is 11.5. The number of esters is 1. The largest absolute Gasteiger partial charge is 0.467 e. The number of nitrogens with one attached hydrogen (secondary N) is 3. The van der Waals surface area contributed by atoms with Crippen molar-refractivity contribution < 1.29 is 42.2 Å². The third-order valence-corrected chi connectivity index (χ3v) is 11.5. The molecule has 2 aromatic carbocycles. The molecule has 0 radical (unpaired) electrons. The van der Waals surface area contributed by atoms with Gasteiger partial charge >= 0.3 is 18.0 Å². The number of nitrogens with two attached hydrogens (primary N) is 3. The van der Waals surface area contributed by atoms with E-state index >= 15 is 0 Å². The molecule has 2 saturated carbocycles. The fraction of sp³-hybridized carbons (Fsp3) is 0.364. The van der Waals surface area contributed by atoms with E-state index in [0.717, 1.165) is 12.8 Å². The lowest BCUT2D eigenvalue weighted by Crippen LogP contribution is -2.48. The van der Waals surface area contributed by atoms with E-state index in [0.29, 0.717) is 17.2 Å². The monoisotopic (exact) mass is 950 g/mol. The molecule has 0 spiro atoms. The Morgan fingerprint density at radius 3 is 1.55 bits per heavy atom. The molecule has 6 heterocycles. The van der Waals surface area contributed by atoms with Crippen LogP contribution in [-0.4, -0.2) is 106 Å². The number of hydrogen-bond donors (Lipinski definition) is 6. The molecule has 4 aliphatic rings. The molecule has 4 aromatic heterocycles. The van der Waals surface area contributed by atoms with Crippen molar-refractivity contribution in [2.45, 2.75) is 82.5 Å². The van der Waals surface area contributed by atoms with E-state index in [4.69, 9.17) is 31.4 Å². The maximum absolute atomic E-state index is 14.1. The van der Waals surface area contributed by atoms with Crippen LogP contribution in [0.1, 0.15) is 68.7 Å². The molecule has 2 unspecified atom stereocenters. The average molecular weight is 951 g/mol. The van der Waals surface area contributed by atoms with Gasteiger partial charge in [0.1, 0.15) is 34.9 Å².